The number of thiophene rings is 1. The molecule has 0 atom stereocenters. The number of nitrogens with zero attached hydrogens (tertiary/aromatic N) is 1. The smallest absolute Gasteiger partial charge is 0.251 e. The third-order valence-electron chi connectivity index (χ3n) is 4.23. The molecule has 0 aliphatic rings. The lowest BCUT2D eigenvalue weighted by atomic mass is 10.1. The highest BCUT2D eigenvalue weighted by Gasteiger charge is 2.12. The van der Waals surface area contributed by atoms with Gasteiger partial charge in [-0.1, -0.05) is 48.2 Å². The third-order valence-corrected chi connectivity index (χ3v) is 6.09. The number of rotatable bonds is 7. The number of H-pyrrole nitrogens is 1. The van der Waals surface area contributed by atoms with Crippen LogP contribution in [0.25, 0.3) is 11.0 Å². The monoisotopic (exact) mass is 393 g/mol. The predicted octanol–water partition coefficient (Wildman–Crippen LogP) is 4.89. The van der Waals surface area contributed by atoms with Gasteiger partial charge in [-0.05, 0) is 41.6 Å². The molecular formula is C21H19N3OS2. The molecule has 0 radical (unpaired) electrons. The highest BCUT2D eigenvalue weighted by atomic mass is 32.2. The lowest BCUT2D eigenvalue weighted by molar-refractivity contribution is 0.0953. The van der Waals surface area contributed by atoms with Gasteiger partial charge in [0.1, 0.15) is 0 Å². The van der Waals surface area contributed by atoms with Gasteiger partial charge in [-0.15, -0.1) is 11.3 Å². The molecule has 0 unspecified atom stereocenters. The van der Waals surface area contributed by atoms with E-state index in [1.807, 2.05) is 54.6 Å². The fraction of sp³-hybridized carbons (Fsp3) is 0.143. The SMILES string of the molecule is O=C(NCCc1cccs1)c1ccccc1CSc1nc2ccccc2[nH]1. The number of amides is 1. The Morgan fingerprint density at radius 1 is 1.07 bits per heavy atom. The fourth-order valence-corrected chi connectivity index (χ4v) is 4.46. The number of aromatic amines is 1. The van der Waals surface area contributed by atoms with Crippen LogP contribution in [0.3, 0.4) is 0 Å². The van der Waals surface area contributed by atoms with E-state index in [-0.39, 0.29) is 5.91 Å². The first-order chi connectivity index (χ1) is 13.3. The van der Waals surface area contributed by atoms with Crippen LogP contribution in [0.5, 0.6) is 0 Å². The number of hydrogen-bond donors (Lipinski definition) is 2. The van der Waals surface area contributed by atoms with Crippen LogP contribution in [0.4, 0.5) is 0 Å². The summed E-state index contributed by atoms with van der Waals surface area (Å²) in [5.41, 5.74) is 3.73. The number of carbonyl (C=O) groups excluding carboxylic acids is 1. The molecule has 0 spiro atoms. The molecule has 136 valence electrons. The van der Waals surface area contributed by atoms with E-state index in [0.717, 1.165) is 33.7 Å². The van der Waals surface area contributed by atoms with E-state index < -0.39 is 0 Å². The molecule has 4 nitrogen and oxygen atoms in total. The lowest BCUT2D eigenvalue weighted by Gasteiger charge is -2.09. The number of benzene rings is 2. The average Bonchev–Trinajstić information content (AvgIpc) is 3.35. The second-order valence-electron chi connectivity index (χ2n) is 6.09. The molecule has 27 heavy (non-hydrogen) atoms. The Hall–Kier alpha value is -2.57. The number of hydrogen-bond acceptors (Lipinski definition) is 4. The minimum Gasteiger partial charge on any atom is -0.352 e. The molecule has 0 bridgehead atoms. The van der Waals surface area contributed by atoms with E-state index in [4.69, 9.17) is 0 Å². The van der Waals surface area contributed by atoms with Crippen LogP contribution in [0.15, 0.2) is 71.2 Å². The van der Waals surface area contributed by atoms with E-state index in [0.29, 0.717) is 12.3 Å². The molecule has 0 saturated carbocycles. The molecular weight excluding hydrogens is 374 g/mol. The quantitative estimate of drug-likeness (QED) is 0.440. The van der Waals surface area contributed by atoms with Crippen molar-refractivity contribution in [3.05, 3.63) is 82.0 Å². The highest BCUT2D eigenvalue weighted by molar-refractivity contribution is 7.98. The van der Waals surface area contributed by atoms with Gasteiger partial charge in [0.25, 0.3) is 5.91 Å². The van der Waals surface area contributed by atoms with Crippen molar-refractivity contribution in [1.82, 2.24) is 15.3 Å². The largest absolute Gasteiger partial charge is 0.352 e. The molecule has 0 fully saturated rings. The number of fused-ring (bicyclic) bond motifs is 1. The van der Waals surface area contributed by atoms with Crippen LogP contribution < -0.4 is 5.32 Å². The van der Waals surface area contributed by atoms with Crippen LogP contribution in [0.2, 0.25) is 0 Å². The normalized spacial score (nSPS) is 11.0. The Morgan fingerprint density at radius 2 is 1.93 bits per heavy atom. The van der Waals surface area contributed by atoms with Crippen LogP contribution >= 0.6 is 23.1 Å². The Labute approximate surface area is 166 Å². The van der Waals surface area contributed by atoms with Gasteiger partial charge in [0.2, 0.25) is 0 Å². The summed E-state index contributed by atoms with van der Waals surface area (Å²) in [5.74, 6) is 0.668. The summed E-state index contributed by atoms with van der Waals surface area (Å²) in [7, 11) is 0. The number of thioether (sulfide) groups is 1. The summed E-state index contributed by atoms with van der Waals surface area (Å²) in [4.78, 5) is 21.8. The van der Waals surface area contributed by atoms with Gasteiger partial charge in [-0.3, -0.25) is 4.79 Å². The van der Waals surface area contributed by atoms with Gasteiger partial charge in [-0.2, -0.15) is 0 Å². The number of nitrogens with one attached hydrogen (secondary N) is 2. The van der Waals surface area contributed by atoms with E-state index in [2.05, 4.69) is 26.7 Å². The molecule has 2 aromatic carbocycles. The Morgan fingerprint density at radius 3 is 2.78 bits per heavy atom. The topological polar surface area (TPSA) is 57.8 Å². The van der Waals surface area contributed by atoms with E-state index in [1.54, 1.807) is 23.1 Å². The lowest BCUT2D eigenvalue weighted by Crippen LogP contribution is -2.26. The summed E-state index contributed by atoms with van der Waals surface area (Å²) in [5, 5.41) is 5.95. The van der Waals surface area contributed by atoms with Gasteiger partial charge < -0.3 is 10.3 Å². The van der Waals surface area contributed by atoms with Crippen molar-refractivity contribution in [2.24, 2.45) is 0 Å². The van der Waals surface area contributed by atoms with Crippen LogP contribution in [-0.4, -0.2) is 22.4 Å². The number of imidazole rings is 1. The number of carbonyl (C=O) groups is 1. The molecule has 2 N–H and O–H groups in total. The second kappa shape index (κ2) is 8.41. The first kappa shape index (κ1) is 17.8. The van der Waals surface area contributed by atoms with Crippen LogP contribution in [0.1, 0.15) is 20.8 Å². The van der Waals surface area contributed by atoms with Crippen molar-refractivity contribution < 1.29 is 4.79 Å². The van der Waals surface area contributed by atoms with Crippen LogP contribution in [-0.2, 0) is 12.2 Å². The molecule has 4 rings (SSSR count). The highest BCUT2D eigenvalue weighted by Crippen LogP contribution is 2.24. The molecule has 2 aromatic heterocycles. The summed E-state index contributed by atoms with van der Waals surface area (Å²) in [6, 6.07) is 19.9. The molecule has 1 amide bonds. The van der Waals surface area contributed by atoms with Crippen LogP contribution in [0, 0.1) is 0 Å². The van der Waals surface area contributed by atoms with Crippen molar-refractivity contribution in [1.29, 1.82) is 0 Å². The maximum absolute atomic E-state index is 12.6. The fourth-order valence-electron chi connectivity index (χ4n) is 2.86. The Balaban J connectivity index is 1.40. The maximum atomic E-state index is 12.6. The summed E-state index contributed by atoms with van der Waals surface area (Å²) < 4.78 is 0. The first-order valence-corrected chi connectivity index (χ1v) is 10.6. The summed E-state index contributed by atoms with van der Waals surface area (Å²) in [6.45, 7) is 0.643. The van der Waals surface area contributed by atoms with Gasteiger partial charge in [0.05, 0.1) is 11.0 Å². The van der Waals surface area contributed by atoms with Crippen molar-refractivity contribution in [3.8, 4) is 0 Å². The number of para-hydroxylation sites is 2. The molecule has 4 aromatic rings. The van der Waals surface area contributed by atoms with Crippen molar-refractivity contribution in [2.45, 2.75) is 17.3 Å². The first-order valence-electron chi connectivity index (χ1n) is 8.75. The van der Waals surface area contributed by atoms with Crippen molar-refractivity contribution >= 4 is 40.0 Å². The zero-order valence-corrected chi connectivity index (χ0v) is 16.3. The minimum atomic E-state index is -0.0210. The van der Waals surface area contributed by atoms with Crippen molar-refractivity contribution in [3.63, 3.8) is 0 Å². The van der Waals surface area contributed by atoms with Gasteiger partial charge in [0, 0.05) is 22.7 Å². The van der Waals surface area contributed by atoms with E-state index in [9.17, 15) is 4.79 Å². The van der Waals surface area contributed by atoms with Gasteiger partial charge >= 0.3 is 0 Å². The molecule has 6 heteroatoms. The van der Waals surface area contributed by atoms with Gasteiger partial charge in [0.15, 0.2) is 5.16 Å². The molecule has 0 aliphatic heterocycles. The Bertz CT molecular complexity index is 1010. The standard InChI is InChI=1S/C21H19N3OS2/c25-20(22-12-11-16-7-5-13-26-16)17-8-2-1-6-15(17)14-27-21-23-18-9-3-4-10-19(18)24-21/h1-10,13H,11-12,14H2,(H,22,25)(H,23,24). The number of aromatic nitrogens is 2. The minimum absolute atomic E-state index is 0.0210. The second-order valence-corrected chi connectivity index (χ2v) is 8.09. The maximum Gasteiger partial charge on any atom is 0.251 e. The zero-order valence-electron chi connectivity index (χ0n) is 14.6. The van der Waals surface area contributed by atoms with E-state index >= 15 is 0 Å². The van der Waals surface area contributed by atoms with Gasteiger partial charge in [-0.25, -0.2) is 4.98 Å². The zero-order chi connectivity index (χ0) is 18.5. The van der Waals surface area contributed by atoms with E-state index in [1.165, 1.54) is 4.88 Å². The summed E-state index contributed by atoms with van der Waals surface area (Å²) in [6.07, 6.45) is 0.860. The predicted molar refractivity (Wildman–Crippen MR) is 112 cm³/mol. The molecule has 0 aliphatic carbocycles. The molecule has 2 heterocycles. The van der Waals surface area contributed by atoms with Crippen molar-refractivity contribution in [2.75, 3.05) is 6.54 Å². The summed E-state index contributed by atoms with van der Waals surface area (Å²) >= 11 is 3.32. The molecule has 0 saturated heterocycles. The Kier molecular flexibility index (Phi) is 5.55. The third kappa shape index (κ3) is 4.40. The average molecular weight is 394 g/mol.